The molecule has 0 bridgehead atoms. The predicted octanol–water partition coefficient (Wildman–Crippen LogP) is 4.36. The second-order valence-electron chi connectivity index (χ2n) is 5.03. The summed E-state index contributed by atoms with van der Waals surface area (Å²) in [6, 6.07) is 8.03. The van der Waals surface area contributed by atoms with Crippen LogP contribution in [0.4, 0.5) is 10.5 Å². The van der Waals surface area contributed by atoms with Crippen LogP contribution in [0, 0.1) is 6.92 Å². The topological polar surface area (TPSA) is 32.3 Å². The quantitative estimate of drug-likeness (QED) is 0.821. The molecule has 104 valence electrons. The average Bonchev–Trinajstić information content (AvgIpc) is 2.85. The normalized spacial score (nSPS) is 15.8. The van der Waals surface area contributed by atoms with Crippen LogP contribution in [-0.4, -0.2) is 18.0 Å². The first-order valence-electron chi connectivity index (χ1n) is 6.39. The Bertz CT molecular complexity index is 668. The summed E-state index contributed by atoms with van der Waals surface area (Å²) in [4.78, 5) is 14.4. The summed E-state index contributed by atoms with van der Waals surface area (Å²) in [6.45, 7) is 2.69. The van der Waals surface area contributed by atoms with Crippen molar-refractivity contribution in [1.82, 2.24) is 4.90 Å². The lowest BCUT2D eigenvalue weighted by Gasteiger charge is -2.26. The van der Waals surface area contributed by atoms with E-state index in [1.165, 1.54) is 10.4 Å². The minimum absolute atomic E-state index is 0.0678. The highest BCUT2D eigenvalue weighted by molar-refractivity contribution is 7.10. The van der Waals surface area contributed by atoms with Crippen LogP contribution in [0.25, 0.3) is 0 Å². The number of aryl methyl sites for hydroxylation is 1. The summed E-state index contributed by atoms with van der Waals surface area (Å²) in [6.07, 6.45) is 0. The van der Waals surface area contributed by atoms with Gasteiger partial charge in [0.15, 0.2) is 0 Å². The molecule has 1 aliphatic heterocycles. The lowest BCUT2D eigenvalue weighted by molar-refractivity contribution is 0.218. The molecule has 3 nitrogen and oxygen atoms in total. The maximum absolute atomic E-state index is 11.6. The zero-order chi connectivity index (χ0) is 14.3. The number of carbonyl (C=O) groups excluding carboxylic acids is 1. The van der Waals surface area contributed by atoms with Crippen molar-refractivity contribution >= 4 is 34.7 Å². The van der Waals surface area contributed by atoms with E-state index in [1.54, 1.807) is 23.3 Å². The second kappa shape index (κ2) is 5.11. The molecule has 1 aliphatic rings. The van der Waals surface area contributed by atoms with Gasteiger partial charge in [0.05, 0.1) is 5.38 Å². The molecule has 1 N–H and O–H groups in total. The van der Waals surface area contributed by atoms with Gasteiger partial charge in [-0.25, -0.2) is 4.79 Å². The molecule has 1 atom stereocenters. The van der Waals surface area contributed by atoms with Gasteiger partial charge in [0, 0.05) is 24.2 Å². The summed E-state index contributed by atoms with van der Waals surface area (Å²) < 4.78 is 0. The standard InChI is InChI=1S/C15H15ClN2OS/c1-9-5-6-20-14(9)13(16)10-3-4-12-11(7-10)8-18(2)15(19)17-12/h3-7,13H,8H2,1-2H3,(H,17,19). The number of alkyl halides is 1. The molecule has 0 saturated carbocycles. The smallest absolute Gasteiger partial charge is 0.321 e. The molecule has 5 heteroatoms. The summed E-state index contributed by atoms with van der Waals surface area (Å²) >= 11 is 8.27. The Balaban J connectivity index is 1.95. The van der Waals surface area contributed by atoms with E-state index in [1.807, 2.05) is 12.1 Å². The van der Waals surface area contributed by atoms with Gasteiger partial charge in [-0.05, 0) is 41.1 Å². The van der Waals surface area contributed by atoms with Crippen LogP contribution in [0.3, 0.4) is 0 Å². The van der Waals surface area contributed by atoms with E-state index in [0.717, 1.165) is 16.8 Å². The molecule has 0 aliphatic carbocycles. The average molecular weight is 307 g/mol. The Kier molecular flexibility index (Phi) is 3.44. The summed E-state index contributed by atoms with van der Waals surface area (Å²) in [7, 11) is 1.78. The number of rotatable bonds is 2. The van der Waals surface area contributed by atoms with Crippen LogP contribution in [0.2, 0.25) is 0 Å². The van der Waals surface area contributed by atoms with Crippen molar-refractivity contribution in [2.45, 2.75) is 18.8 Å². The summed E-state index contributed by atoms with van der Waals surface area (Å²) in [5, 5.41) is 4.79. The summed E-state index contributed by atoms with van der Waals surface area (Å²) in [5.41, 5.74) is 4.27. The molecule has 1 aromatic heterocycles. The SMILES string of the molecule is Cc1ccsc1C(Cl)c1ccc2c(c1)CN(C)C(=O)N2. The lowest BCUT2D eigenvalue weighted by Crippen LogP contribution is -2.35. The van der Waals surface area contributed by atoms with Crippen LogP contribution < -0.4 is 5.32 Å². The number of hydrogen-bond acceptors (Lipinski definition) is 2. The number of nitrogens with zero attached hydrogens (tertiary/aromatic N) is 1. The number of hydrogen-bond donors (Lipinski definition) is 1. The van der Waals surface area contributed by atoms with Gasteiger partial charge in [0.25, 0.3) is 0 Å². The van der Waals surface area contributed by atoms with Crippen LogP contribution in [0.1, 0.15) is 26.9 Å². The van der Waals surface area contributed by atoms with Crippen LogP contribution >= 0.6 is 22.9 Å². The van der Waals surface area contributed by atoms with Crippen LogP contribution in [0.15, 0.2) is 29.6 Å². The van der Waals surface area contributed by atoms with E-state index < -0.39 is 0 Å². The molecule has 2 heterocycles. The second-order valence-corrected chi connectivity index (χ2v) is 6.42. The Labute approximate surface area is 127 Å². The van der Waals surface area contributed by atoms with Crippen molar-refractivity contribution in [2.75, 3.05) is 12.4 Å². The van der Waals surface area contributed by atoms with Gasteiger partial charge in [0.2, 0.25) is 0 Å². The summed E-state index contributed by atoms with van der Waals surface area (Å²) in [5.74, 6) is 0. The van der Waals surface area contributed by atoms with Crippen LogP contribution in [-0.2, 0) is 6.54 Å². The van der Waals surface area contributed by atoms with Gasteiger partial charge in [-0.2, -0.15) is 0 Å². The third-order valence-electron chi connectivity index (χ3n) is 3.55. The van der Waals surface area contributed by atoms with Crippen molar-refractivity contribution in [3.8, 4) is 0 Å². The third-order valence-corrected chi connectivity index (χ3v) is 5.23. The maximum atomic E-state index is 11.6. The minimum atomic E-state index is -0.136. The molecule has 1 aromatic carbocycles. The van der Waals surface area contributed by atoms with Crippen molar-refractivity contribution in [3.05, 3.63) is 51.2 Å². The van der Waals surface area contributed by atoms with Crippen molar-refractivity contribution < 1.29 is 4.79 Å². The highest BCUT2D eigenvalue weighted by atomic mass is 35.5. The molecule has 3 rings (SSSR count). The number of anilines is 1. The Hall–Kier alpha value is -1.52. The number of urea groups is 1. The molecule has 2 aromatic rings. The number of thiophene rings is 1. The fraction of sp³-hybridized carbons (Fsp3) is 0.267. The first-order valence-corrected chi connectivity index (χ1v) is 7.71. The first kappa shape index (κ1) is 13.5. The fourth-order valence-electron chi connectivity index (χ4n) is 2.36. The third kappa shape index (κ3) is 2.30. The molecule has 20 heavy (non-hydrogen) atoms. The van der Waals surface area contributed by atoms with Gasteiger partial charge < -0.3 is 10.2 Å². The number of halogens is 1. The number of carbonyl (C=O) groups is 1. The number of nitrogens with one attached hydrogen (secondary N) is 1. The van der Waals surface area contributed by atoms with Gasteiger partial charge in [-0.1, -0.05) is 12.1 Å². The molecule has 1 unspecified atom stereocenters. The Morgan fingerprint density at radius 3 is 2.90 bits per heavy atom. The van der Waals surface area contributed by atoms with Gasteiger partial charge in [-0.3, -0.25) is 0 Å². The van der Waals surface area contributed by atoms with Gasteiger partial charge in [-0.15, -0.1) is 22.9 Å². The number of fused-ring (bicyclic) bond motifs is 1. The maximum Gasteiger partial charge on any atom is 0.321 e. The van der Waals surface area contributed by atoms with E-state index >= 15 is 0 Å². The van der Waals surface area contributed by atoms with E-state index in [9.17, 15) is 4.79 Å². The van der Waals surface area contributed by atoms with Crippen molar-refractivity contribution in [2.24, 2.45) is 0 Å². The molecule has 0 saturated heterocycles. The van der Waals surface area contributed by atoms with Crippen molar-refractivity contribution in [1.29, 1.82) is 0 Å². The van der Waals surface area contributed by atoms with Crippen LogP contribution in [0.5, 0.6) is 0 Å². The van der Waals surface area contributed by atoms with E-state index in [-0.39, 0.29) is 11.4 Å². The Morgan fingerprint density at radius 1 is 1.40 bits per heavy atom. The fourth-order valence-corrected chi connectivity index (χ4v) is 3.75. The number of amides is 2. The highest BCUT2D eigenvalue weighted by Gasteiger charge is 2.21. The molecule has 0 radical (unpaired) electrons. The van der Waals surface area contributed by atoms with Crippen molar-refractivity contribution in [3.63, 3.8) is 0 Å². The first-order chi connectivity index (χ1) is 9.56. The largest absolute Gasteiger partial charge is 0.323 e. The molecule has 2 amide bonds. The van der Waals surface area contributed by atoms with E-state index in [4.69, 9.17) is 11.6 Å². The molecule has 0 spiro atoms. The zero-order valence-corrected chi connectivity index (χ0v) is 12.9. The Morgan fingerprint density at radius 2 is 2.20 bits per heavy atom. The predicted molar refractivity (Wildman–Crippen MR) is 83.7 cm³/mol. The minimum Gasteiger partial charge on any atom is -0.323 e. The zero-order valence-electron chi connectivity index (χ0n) is 11.3. The monoisotopic (exact) mass is 306 g/mol. The van der Waals surface area contributed by atoms with Gasteiger partial charge in [0.1, 0.15) is 0 Å². The molecular weight excluding hydrogens is 292 g/mol. The highest BCUT2D eigenvalue weighted by Crippen LogP contribution is 2.36. The van der Waals surface area contributed by atoms with E-state index in [2.05, 4.69) is 29.8 Å². The number of benzene rings is 1. The molecular formula is C15H15ClN2OS. The lowest BCUT2D eigenvalue weighted by atomic mass is 10.0. The van der Waals surface area contributed by atoms with E-state index in [0.29, 0.717) is 6.54 Å². The molecule has 0 fully saturated rings. The van der Waals surface area contributed by atoms with Gasteiger partial charge >= 0.3 is 6.03 Å².